The van der Waals surface area contributed by atoms with E-state index in [9.17, 15) is 9.59 Å². The summed E-state index contributed by atoms with van der Waals surface area (Å²) in [4.78, 5) is 32.8. The Morgan fingerprint density at radius 1 is 1.45 bits per heavy atom. The molecule has 122 valence electrons. The SMILES string of the molecule is CCCc1cc(=O)[nH]c(SCC(=O)N2C[C@@H](C)O[C@@H](C)C2)n1. The summed E-state index contributed by atoms with van der Waals surface area (Å²) in [6.45, 7) is 7.21. The highest BCUT2D eigenvalue weighted by Gasteiger charge is 2.25. The highest BCUT2D eigenvalue weighted by molar-refractivity contribution is 7.99. The highest BCUT2D eigenvalue weighted by atomic mass is 32.2. The van der Waals surface area contributed by atoms with Gasteiger partial charge in [-0.15, -0.1) is 0 Å². The molecule has 0 radical (unpaired) electrons. The van der Waals surface area contributed by atoms with Crippen LogP contribution in [-0.4, -0.2) is 51.8 Å². The Morgan fingerprint density at radius 3 is 2.77 bits per heavy atom. The molecule has 0 bridgehead atoms. The second-order valence-corrected chi connectivity index (χ2v) is 6.60. The lowest BCUT2D eigenvalue weighted by atomic mass is 10.2. The predicted molar refractivity (Wildman–Crippen MR) is 86.2 cm³/mol. The second-order valence-electron chi connectivity index (χ2n) is 5.64. The largest absolute Gasteiger partial charge is 0.372 e. The summed E-state index contributed by atoms with van der Waals surface area (Å²) >= 11 is 1.28. The Hall–Kier alpha value is -1.34. The molecule has 0 unspecified atom stereocenters. The van der Waals surface area contributed by atoms with Crippen LogP contribution in [0.25, 0.3) is 0 Å². The number of aryl methyl sites for hydroxylation is 1. The van der Waals surface area contributed by atoms with Crippen molar-refractivity contribution >= 4 is 17.7 Å². The number of amides is 1. The number of hydrogen-bond donors (Lipinski definition) is 1. The number of aromatic nitrogens is 2. The average molecular weight is 325 g/mol. The first-order valence-corrected chi connectivity index (χ1v) is 8.62. The lowest BCUT2D eigenvalue weighted by Crippen LogP contribution is -2.48. The smallest absolute Gasteiger partial charge is 0.251 e. The predicted octanol–water partition coefficient (Wildman–Crippen LogP) is 1.45. The van der Waals surface area contributed by atoms with Crippen molar-refractivity contribution in [3.8, 4) is 0 Å². The topological polar surface area (TPSA) is 75.3 Å². The molecule has 0 aliphatic carbocycles. The van der Waals surface area contributed by atoms with E-state index in [4.69, 9.17) is 4.74 Å². The summed E-state index contributed by atoms with van der Waals surface area (Å²) in [5.41, 5.74) is 0.608. The molecule has 22 heavy (non-hydrogen) atoms. The minimum Gasteiger partial charge on any atom is -0.372 e. The maximum atomic E-state index is 12.3. The Labute approximate surface area is 134 Å². The number of carbonyl (C=O) groups is 1. The quantitative estimate of drug-likeness (QED) is 0.655. The van der Waals surface area contributed by atoms with Crippen LogP contribution in [0.4, 0.5) is 0 Å². The first-order valence-electron chi connectivity index (χ1n) is 7.64. The molecule has 7 heteroatoms. The van der Waals surface area contributed by atoms with Gasteiger partial charge in [-0.1, -0.05) is 25.1 Å². The van der Waals surface area contributed by atoms with Crippen LogP contribution >= 0.6 is 11.8 Å². The number of rotatable bonds is 5. The van der Waals surface area contributed by atoms with Gasteiger partial charge in [-0.2, -0.15) is 0 Å². The summed E-state index contributed by atoms with van der Waals surface area (Å²) in [6, 6.07) is 1.51. The van der Waals surface area contributed by atoms with E-state index in [0.29, 0.717) is 18.2 Å². The molecule has 1 aromatic rings. The molecule has 0 saturated carbocycles. The van der Waals surface area contributed by atoms with Crippen LogP contribution in [0.5, 0.6) is 0 Å². The van der Waals surface area contributed by atoms with Crippen molar-refractivity contribution in [3.05, 3.63) is 22.1 Å². The summed E-state index contributed by atoms with van der Waals surface area (Å²) in [5.74, 6) is 0.327. The fraction of sp³-hybridized carbons (Fsp3) is 0.667. The second kappa shape index (κ2) is 7.78. The normalized spacial score (nSPS) is 21.9. The van der Waals surface area contributed by atoms with Crippen LogP contribution in [0.15, 0.2) is 16.0 Å². The number of thioether (sulfide) groups is 1. The molecule has 1 aliphatic rings. The van der Waals surface area contributed by atoms with Gasteiger partial charge in [-0.3, -0.25) is 9.59 Å². The van der Waals surface area contributed by atoms with Gasteiger partial charge in [-0.25, -0.2) is 4.98 Å². The number of carbonyl (C=O) groups excluding carboxylic acids is 1. The van der Waals surface area contributed by atoms with Gasteiger partial charge in [0, 0.05) is 24.8 Å². The van der Waals surface area contributed by atoms with Crippen LogP contribution in [0.2, 0.25) is 0 Å². The standard InChI is InChI=1S/C15H23N3O3S/c1-4-5-12-6-13(19)17-15(16-12)22-9-14(20)18-7-10(2)21-11(3)8-18/h6,10-11H,4-5,7-9H2,1-3H3,(H,16,17,19)/t10-,11+. The van der Waals surface area contributed by atoms with Crippen LogP contribution in [0.1, 0.15) is 32.9 Å². The zero-order valence-electron chi connectivity index (χ0n) is 13.3. The van der Waals surface area contributed by atoms with Crippen molar-refractivity contribution in [2.24, 2.45) is 0 Å². The summed E-state index contributed by atoms with van der Waals surface area (Å²) in [7, 11) is 0. The van der Waals surface area contributed by atoms with E-state index in [0.717, 1.165) is 18.5 Å². The minimum absolute atomic E-state index is 0.0514. The minimum atomic E-state index is -0.165. The molecule has 1 amide bonds. The van der Waals surface area contributed by atoms with Crippen molar-refractivity contribution in [2.75, 3.05) is 18.8 Å². The van der Waals surface area contributed by atoms with Gasteiger partial charge in [0.25, 0.3) is 5.56 Å². The van der Waals surface area contributed by atoms with E-state index in [-0.39, 0.29) is 29.4 Å². The van der Waals surface area contributed by atoms with Crippen LogP contribution in [0, 0.1) is 0 Å². The molecule has 6 nitrogen and oxygen atoms in total. The van der Waals surface area contributed by atoms with Crippen LogP contribution < -0.4 is 5.56 Å². The van der Waals surface area contributed by atoms with Crippen molar-refractivity contribution in [1.82, 2.24) is 14.9 Å². The molecule has 2 atom stereocenters. The summed E-state index contributed by atoms with van der Waals surface area (Å²) < 4.78 is 5.63. The molecule has 2 heterocycles. The van der Waals surface area contributed by atoms with E-state index in [2.05, 4.69) is 9.97 Å². The molecule has 0 spiro atoms. The van der Waals surface area contributed by atoms with E-state index in [1.807, 2.05) is 25.7 Å². The lowest BCUT2D eigenvalue weighted by molar-refractivity contribution is -0.140. The number of H-pyrrole nitrogens is 1. The third-order valence-electron chi connectivity index (χ3n) is 3.38. The Morgan fingerprint density at radius 2 is 2.14 bits per heavy atom. The fourth-order valence-electron chi connectivity index (χ4n) is 2.54. The van der Waals surface area contributed by atoms with E-state index in [1.165, 1.54) is 17.8 Å². The number of nitrogens with one attached hydrogen (secondary N) is 1. The zero-order chi connectivity index (χ0) is 16.1. The molecule has 1 aromatic heterocycles. The van der Waals surface area contributed by atoms with Gasteiger partial charge in [0.1, 0.15) is 0 Å². The molecule has 0 aromatic carbocycles. The first-order chi connectivity index (χ1) is 10.5. The number of ether oxygens (including phenoxy) is 1. The summed E-state index contributed by atoms with van der Waals surface area (Å²) in [5, 5.41) is 0.513. The molecule has 1 N–H and O–H groups in total. The number of morpholine rings is 1. The van der Waals surface area contributed by atoms with Gasteiger partial charge >= 0.3 is 0 Å². The maximum Gasteiger partial charge on any atom is 0.251 e. The van der Waals surface area contributed by atoms with Crippen molar-refractivity contribution < 1.29 is 9.53 Å². The van der Waals surface area contributed by atoms with Crippen LogP contribution in [-0.2, 0) is 16.0 Å². The van der Waals surface area contributed by atoms with Gasteiger partial charge < -0.3 is 14.6 Å². The lowest BCUT2D eigenvalue weighted by Gasteiger charge is -2.35. The maximum absolute atomic E-state index is 12.3. The Bertz CT molecular complexity index is 565. The zero-order valence-corrected chi connectivity index (χ0v) is 14.1. The third kappa shape index (κ3) is 4.84. The van der Waals surface area contributed by atoms with E-state index in [1.54, 1.807) is 0 Å². The monoisotopic (exact) mass is 325 g/mol. The van der Waals surface area contributed by atoms with Gasteiger partial charge in [-0.05, 0) is 20.3 Å². The fourth-order valence-corrected chi connectivity index (χ4v) is 3.34. The Kier molecular flexibility index (Phi) is 6.02. The summed E-state index contributed by atoms with van der Waals surface area (Å²) in [6.07, 6.45) is 1.82. The number of nitrogens with zero attached hydrogens (tertiary/aromatic N) is 2. The molecule has 2 rings (SSSR count). The molecule has 1 saturated heterocycles. The molecule has 1 fully saturated rings. The Balaban J connectivity index is 1.94. The average Bonchev–Trinajstić information content (AvgIpc) is 2.43. The third-order valence-corrected chi connectivity index (χ3v) is 4.24. The molecular weight excluding hydrogens is 302 g/mol. The van der Waals surface area contributed by atoms with Crippen molar-refractivity contribution in [1.29, 1.82) is 0 Å². The van der Waals surface area contributed by atoms with Gasteiger partial charge in [0.05, 0.1) is 18.0 Å². The highest BCUT2D eigenvalue weighted by Crippen LogP contribution is 2.16. The first kappa shape index (κ1) is 17.0. The molecular formula is C15H23N3O3S. The van der Waals surface area contributed by atoms with E-state index < -0.39 is 0 Å². The van der Waals surface area contributed by atoms with E-state index >= 15 is 0 Å². The van der Waals surface area contributed by atoms with Gasteiger partial charge in [0.2, 0.25) is 5.91 Å². The van der Waals surface area contributed by atoms with Crippen molar-refractivity contribution in [3.63, 3.8) is 0 Å². The number of aromatic amines is 1. The van der Waals surface area contributed by atoms with Crippen LogP contribution in [0.3, 0.4) is 0 Å². The van der Waals surface area contributed by atoms with Crippen molar-refractivity contribution in [2.45, 2.75) is 51.0 Å². The molecule has 1 aliphatic heterocycles. The number of hydrogen-bond acceptors (Lipinski definition) is 5. The van der Waals surface area contributed by atoms with Gasteiger partial charge in [0.15, 0.2) is 5.16 Å².